The molecule has 1 aromatic rings. The highest BCUT2D eigenvalue weighted by Gasteiger charge is 2.43. The van der Waals surface area contributed by atoms with Gasteiger partial charge in [-0.05, 0) is 40.0 Å². The highest BCUT2D eigenvalue weighted by molar-refractivity contribution is 6.03. The first-order chi connectivity index (χ1) is 12.1. The van der Waals surface area contributed by atoms with Gasteiger partial charge in [-0.3, -0.25) is 4.79 Å². The number of ketones is 1. The largest absolute Gasteiger partial charge is 0.507 e. The number of carbonyl (C=O) groups excluding carboxylic acids is 1. The first kappa shape index (κ1) is 20.3. The number of benzene rings is 1. The number of hydrogen-bond acceptors (Lipinski definition) is 5. The number of allylic oxidation sites excluding steroid dienone is 2. The van der Waals surface area contributed by atoms with E-state index in [4.69, 9.17) is 4.74 Å². The van der Waals surface area contributed by atoms with Gasteiger partial charge >= 0.3 is 0 Å². The molecule has 0 spiro atoms. The predicted molar refractivity (Wildman–Crippen MR) is 101 cm³/mol. The van der Waals surface area contributed by atoms with Gasteiger partial charge in [-0.2, -0.15) is 0 Å². The minimum atomic E-state index is -0.899. The Hall–Kier alpha value is -2.01. The third-order valence-corrected chi connectivity index (χ3v) is 5.28. The Kier molecular flexibility index (Phi) is 6.02. The van der Waals surface area contributed by atoms with Crippen LogP contribution in [0.15, 0.2) is 17.7 Å². The van der Waals surface area contributed by atoms with E-state index >= 15 is 0 Å². The fraction of sp³-hybridized carbons (Fsp3) is 0.571. The van der Waals surface area contributed by atoms with Crippen LogP contribution in [-0.2, 0) is 6.42 Å². The second-order valence-corrected chi connectivity index (χ2v) is 7.73. The average Bonchev–Trinajstić information content (AvgIpc) is 2.55. The van der Waals surface area contributed by atoms with Crippen LogP contribution in [0.4, 0.5) is 0 Å². The zero-order chi connectivity index (χ0) is 19.6. The maximum atomic E-state index is 12.8. The smallest absolute Gasteiger partial charge is 0.173 e. The summed E-state index contributed by atoms with van der Waals surface area (Å²) < 4.78 is 6.10. The lowest BCUT2D eigenvalue weighted by molar-refractivity contribution is -0.0597. The van der Waals surface area contributed by atoms with E-state index in [1.165, 1.54) is 5.57 Å². The number of hydrogen-bond donors (Lipinski definition) is 3. The molecule has 3 N–H and O–H groups in total. The van der Waals surface area contributed by atoms with Crippen LogP contribution in [-0.4, -0.2) is 32.8 Å². The van der Waals surface area contributed by atoms with Crippen molar-refractivity contribution in [1.29, 1.82) is 0 Å². The Morgan fingerprint density at radius 1 is 1.38 bits per heavy atom. The van der Waals surface area contributed by atoms with Gasteiger partial charge in [0.05, 0.1) is 6.10 Å². The van der Waals surface area contributed by atoms with Crippen molar-refractivity contribution in [2.75, 3.05) is 0 Å². The normalized spacial score (nSPS) is 22.9. The van der Waals surface area contributed by atoms with Crippen molar-refractivity contribution in [2.45, 2.75) is 72.0 Å². The van der Waals surface area contributed by atoms with Gasteiger partial charge in [0.15, 0.2) is 5.78 Å². The van der Waals surface area contributed by atoms with Crippen molar-refractivity contribution in [3.8, 4) is 17.2 Å². The SMILES string of the molecule is CC[C@@H](C)C(=O)c1c(O)cc(O)c2c1O[C@](C)(CCC=C(C)C)[C@@H](O)C2. The molecule has 1 heterocycles. The fourth-order valence-corrected chi connectivity index (χ4v) is 3.23. The zero-order valence-electron chi connectivity index (χ0n) is 16.3. The van der Waals surface area contributed by atoms with E-state index in [2.05, 4.69) is 6.08 Å². The molecule has 144 valence electrons. The molecule has 26 heavy (non-hydrogen) atoms. The molecular weight excluding hydrogens is 332 g/mol. The summed E-state index contributed by atoms with van der Waals surface area (Å²) >= 11 is 0. The van der Waals surface area contributed by atoms with Crippen LogP contribution in [0.2, 0.25) is 0 Å². The lowest BCUT2D eigenvalue weighted by atomic mass is 9.83. The molecule has 1 aliphatic heterocycles. The lowest BCUT2D eigenvalue weighted by Gasteiger charge is -2.41. The van der Waals surface area contributed by atoms with Crippen molar-refractivity contribution >= 4 is 5.78 Å². The fourth-order valence-electron chi connectivity index (χ4n) is 3.23. The molecule has 0 fully saturated rings. The van der Waals surface area contributed by atoms with Crippen molar-refractivity contribution in [1.82, 2.24) is 0 Å². The molecule has 1 aliphatic rings. The molecule has 0 saturated carbocycles. The Bertz CT molecular complexity index is 718. The topological polar surface area (TPSA) is 87.0 Å². The highest BCUT2D eigenvalue weighted by atomic mass is 16.5. The van der Waals surface area contributed by atoms with E-state index in [1.54, 1.807) is 13.8 Å². The summed E-state index contributed by atoms with van der Waals surface area (Å²) in [6, 6.07) is 1.16. The van der Waals surface area contributed by atoms with Crippen LogP contribution in [0.1, 0.15) is 69.8 Å². The molecule has 1 aromatic carbocycles. The summed E-state index contributed by atoms with van der Waals surface area (Å²) in [7, 11) is 0. The monoisotopic (exact) mass is 362 g/mol. The summed E-state index contributed by atoms with van der Waals surface area (Å²) in [4.78, 5) is 12.8. The molecule has 0 saturated heterocycles. The van der Waals surface area contributed by atoms with E-state index in [1.807, 2.05) is 20.8 Å². The van der Waals surface area contributed by atoms with Gasteiger partial charge in [0, 0.05) is 24.0 Å². The molecule has 0 bridgehead atoms. The van der Waals surface area contributed by atoms with E-state index in [0.717, 1.165) is 12.5 Å². The third-order valence-electron chi connectivity index (χ3n) is 5.28. The molecule has 0 aromatic heterocycles. The van der Waals surface area contributed by atoms with Crippen LogP contribution in [0.25, 0.3) is 0 Å². The molecule has 0 aliphatic carbocycles. The number of aromatic hydroxyl groups is 2. The summed E-state index contributed by atoms with van der Waals surface area (Å²) in [5.74, 6) is -0.734. The summed E-state index contributed by atoms with van der Waals surface area (Å²) in [5.41, 5.74) is 0.764. The number of rotatable bonds is 6. The van der Waals surface area contributed by atoms with E-state index in [0.29, 0.717) is 18.4 Å². The number of phenols is 2. The minimum absolute atomic E-state index is 0.104. The van der Waals surface area contributed by atoms with Crippen LogP contribution >= 0.6 is 0 Å². The number of carbonyl (C=O) groups is 1. The van der Waals surface area contributed by atoms with E-state index in [9.17, 15) is 20.1 Å². The molecule has 0 unspecified atom stereocenters. The Labute approximate surface area is 155 Å². The Balaban J connectivity index is 2.49. The van der Waals surface area contributed by atoms with Crippen LogP contribution in [0, 0.1) is 5.92 Å². The summed E-state index contributed by atoms with van der Waals surface area (Å²) in [6.45, 7) is 9.52. The molecule has 0 amide bonds. The summed E-state index contributed by atoms with van der Waals surface area (Å²) in [6.07, 6.45) is 3.35. The first-order valence-electron chi connectivity index (χ1n) is 9.23. The summed E-state index contributed by atoms with van der Waals surface area (Å²) in [5, 5.41) is 31.1. The maximum Gasteiger partial charge on any atom is 0.173 e. The second-order valence-electron chi connectivity index (χ2n) is 7.73. The second kappa shape index (κ2) is 7.70. The van der Waals surface area contributed by atoms with Crippen molar-refractivity contribution in [3.05, 3.63) is 28.8 Å². The van der Waals surface area contributed by atoms with E-state index < -0.39 is 11.7 Å². The van der Waals surface area contributed by atoms with Crippen LogP contribution in [0.3, 0.4) is 0 Å². The van der Waals surface area contributed by atoms with Gasteiger partial charge in [-0.1, -0.05) is 25.5 Å². The van der Waals surface area contributed by atoms with Gasteiger partial charge < -0.3 is 20.1 Å². The Morgan fingerprint density at radius 3 is 2.62 bits per heavy atom. The molecule has 3 atom stereocenters. The molecule has 5 nitrogen and oxygen atoms in total. The van der Waals surface area contributed by atoms with Crippen LogP contribution < -0.4 is 4.74 Å². The number of ether oxygens (including phenoxy) is 1. The molecule has 0 radical (unpaired) electrons. The Morgan fingerprint density at radius 2 is 2.04 bits per heavy atom. The van der Waals surface area contributed by atoms with E-state index in [-0.39, 0.29) is 40.9 Å². The van der Waals surface area contributed by atoms with Crippen molar-refractivity contribution in [2.24, 2.45) is 5.92 Å². The van der Waals surface area contributed by atoms with Crippen LogP contribution in [0.5, 0.6) is 17.2 Å². The van der Waals surface area contributed by atoms with Gasteiger partial charge in [-0.15, -0.1) is 0 Å². The van der Waals surface area contributed by atoms with Gasteiger partial charge in [0.1, 0.15) is 28.4 Å². The predicted octanol–water partition coefficient (Wildman–Crippen LogP) is 4.13. The average molecular weight is 362 g/mol. The number of aliphatic hydroxyl groups excluding tert-OH is 1. The zero-order valence-corrected chi connectivity index (χ0v) is 16.3. The first-order valence-corrected chi connectivity index (χ1v) is 9.23. The highest BCUT2D eigenvalue weighted by Crippen LogP contribution is 2.46. The number of Topliss-reactive ketones (excluding diaryl/α,β-unsaturated/α-hetero) is 1. The van der Waals surface area contributed by atoms with Gasteiger partial charge in [0.25, 0.3) is 0 Å². The minimum Gasteiger partial charge on any atom is -0.507 e. The molecular formula is C21H30O5. The van der Waals surface area contributed by atoms with Crippen molar-refractivity contribution in [3.63, 3.8) is 0 Å². The maximum absolute atomic E-state index is 12.8. The molecule has 2 rings (SSSR count). The third kappa shape index (κ3) is 3.88. The number of fused-ring (bicyclic) bond motifs is 1. The van der Waals surface area contributed by atoms with Crippen molar-refractivity contribution < 1.29 is 24.9 Å². The lowest BCUT2D eigenvalue weighted by Crippen LogP contribution is -2.49. The standard InChI is InChI=1S/C21H30O5/c1-6-13(4)19(25)18-16(23)11-15(22)14-10-17(24)21(5,26-20(14)18)9-7-8-12(2)3/h8,11,13,17,22-24H,6-7,9-10H2,1-5H3/t13-,17+,21-/m1/s1. The van der Waals surface area contributed by atoms with Gasteiger partial charge in [0.2, 0.25) is 0 Å². The quantitative estimate of drug-likeness (QED) is 0.523. The molecule has 5 heteroatoms. The number of aliphatic hydroxyl groups is 1. The van der Waals surface area contributed by atoms with Gasteiger partial charge in [-0.25, -0.2) is 0 Å². The number of phenolic OH excluding ortho intramolecular Hbond substituents is 2.